The molecular weight excluding hydrogens is 340 g/mol. The van der Waals surface area contributed by atoms with Crippen LogP contribution in [-0.4, -0.2) is 58.5 Å². The Morgan fingerprint density at radius 2 is 1.76 bits per heavy atom. The molecule has 1 aromatic rings. The zero-order valence-corrected chi connectivity index (χ0v) is 15.3. The van der Waals surface area contributed by atoms with Crippen molar-refractivity contribution in [1.82, 2.24) is 14.3 Å². The number of nitrogens with one attached hydrogen (secondary N) is 2. The van der Waals surface area contributed by atoms with Crippen molar-refractivity contribution >= 4 is 21.8 Å². The van der Waals surface area contributed by atoms with Gasteiger partial charge in [-0.3, -0.25) is 4.79 Å². The summed E-state index contributed by atoms with van der Waals surface area (Å²) in [5.41, 5.74) is 1.16. The van der Waals surface area contributed by atoms with Crippen LogP contribution in [0.1, 0.15) is 19.3 Å². The summed E-state index contributed by atoms with van der Waals surface area (Å²) in [6.07, 6.45) is 2.18. The molecule has 0 radical (unpaired) electrons. The molecule has 0 bridgehead atoms. The van der Waals surface area contributed by atoms with E-state index in [4.69, 9.17) is 0 Å². The van der Waals surface area contributed by atoms with E-state index in [-0.39, 0.29) is 17.9 Å². The van der Waals surface area contributed by atoms with Crippen LogP contribution in [0, 0.1) is 5.92 Å². The molecular formula is C17H26N4O3S. The van der Waals surface area contributed by atoms with Crippen molar-refractivity contribution in [2.45, 2.75) is 25.3 Å². The maximum Gasteiger partial charge on any atom is 0.276 e. The Labute approximate surface area is 149 Å². The summed E-state index contributed by atoms with van der Waals surface area (Å²) in [4.78, 5) is 16.9. The minimum Gasteiger partial charge on any atom is -0.371 e. The summed E-state index contributed by atoms with van der Waals surface area (Å²) in [5.74, 6) is 0.235. The van der Waals surface area contributed by atoms with E-state index in [1.807, 2.05) is 23.1 Å². The van der Waals surface area contributed by atoms with Gasteiger partial charge in [-0.1, -0.05) is 18.2 Å². The van der Waals surface area contributed by atoms with Crippen molar-refractivity contribution in [2.75, 3.05) is 38.1 Å². The molecule has 2 aliphatic heterocycles. The van der Waals surface area contributed by atoms with Crippen LogP contribution in [0.25, 0.3) is 0 Å². The molecule has 0 aliphatic carbocycles. The molecule has 0 saturated carbocycles. The van der Waals surface area contributed by atoms with Gasteiger partial charge in [0, 0.05) is 45.0 Å². The van der Waals surface area contributed by atoms with Crippen molar-refractivity contribution in [1.29, 1.82) is 0 Å². The van der Waals surface area contributed by atoms with Crippen LogP contribution in [0.5, 0.6) is 0 Å². The third-order valence-electron chi connectivity index (χ3n) is 5.06. The number of rotatable bonds is 5. The van der Waals surface area contributed by atoms with Gasteiger partial charge in [0.25, 0.3) is 10.2 Å². The maximum atomic E-state index is 12.8. The lowest BCUT2D eigenvalue weighted by Gasteiger charge is -2.33. The van der Waals surface area contributed by atoms with E-state index in [9.17, 15) is 13.2 Å². The zero-order valence-electron chi connectivity index (χ0n) is 14.5. The second kappa shape index (κ2) is 7.72. The highest BCUT2D eigenvalue weighted by molar-refractivity contribution is 7.87. The van der Waals surface area contributed by atoms with Crippen molar-refractivity contribution in [3.63, 3.8) is 0 Å². The average Bonchev–Trinajstić information content (AvgIpc) is 3.12. The molecule has 2 aliphatic rings. The van der Waals surface area contributed by atoms with Crippen molar-refractivity contribution in [2.24, 2.45) is 5.92 Å². The molecule has 25 heavy (non-hydrogen) atoms. The Kier molecular flexibility index (Phi) is 5.61. The maximum absolute atomic E-state index is 12.8. The second-order valence-electron chi connectivity index (χ2n) is 6.69. The Balaban J connectivity index is 1.50. The van der Waals surface area contributed by atoms with Crippen molar-refractivity contribution in [3.05, 3.63) is 30.3 Å². The number of amides is 1. The molecule has 2 heterocycles. The number of anilines is 1. The van der Waals surface area contributed by atoms with Crippen molar-refractivity contribution < 1.29 is 13.2 Å². The fourth-order valence-electron chi connectivity index (χ4n) is 3.59. The standard InChI is InChI=1S/C17H26N4O3S/c1-18-25(23,24)19-15-8-11-20(12-9-15)17(22)14-7-10-21(13-14)16-5-3-2-4-6-16/h2-6,14-15,18-19H,7-13H2,1H3. The number of hydrogen-bond donors (Lipinski definition) is 2. The van der Waals surface area contributed by atoms with Gasteiger partial charge in [0.05, 0.1) is 5.92 Å². The third kappa shape index (κ3) is 4.50. The van der Waals surface area contributed by atoms with Gasteiger partial charge in [0.15, 0.2) is 0 Å². The van der Waals surface area contributed by atoms with Gasteiger partial charge in [-0.25, -0.2) is 4.72 Å². The third-order valence-corrected chi connectivity index (χ3v) is 6.24. The molecule has 7 nitrogen and oxygen atoms in total. The molecule has 8 heteroatoms. The van der Waals surface area contributed by atoms with Crippen LogP contribution >= 0.6 is 0 Å². The highest BCUT2D eigenvalue weighted by atomic mass is 32.2. The summed E-state index contributed by atoms with van der Waals surface area (Å²) in [7, 11) is -2.03. The minimum atomic E-state index is -3.42. The number of piperidine rings is 1. The van der Waals surface area contributed by atoms with E-state index in [0.717, 1.165) is 25.2 Å². The molecule has 2 saturated heterocycles. The lowest BCUT2D eigenvalue weighted by atomic mass is 10.0. The highest BCUT2D eigenvalue weighted by Gasteiger charge is 2.33. The van der Waals surface area contributed by atoms with Gasteiger partial charge in [-0.15, -0.1) is 0 Å². The molecule has 0 spiro atoms. The van der Waals surface area contributed by atoms with Crippen LogP contribution in [0.15, 0.2) is 30.3 Å². The minimum absolute atomic E-state index is 0.0331. The van der Waals surface area contributed by atoms with Gasteiger partial charge in [0.1, 0.15) is 0 Å². The molecule has 1 amide bonds. The first-order chi connectivity index (χ1) is 12.0. The van der Waals surface area contributed by atoms with Gasteiger partial charge in [0.2, 0.25) is 5.91 Å². The monoisotopic (exact) mass is 366 g/mol. The first kappa shape index (κ1) is 18.2. The number of para-hydroxylation sites is 1. The van der Waals surface area contributed by atoms with E-state index < -0.39 is 10.2 Å². The first-order valence-corrected chi connectivity index (χ1v) is 10.3. The molecule has 138 valence electrons. The molecule has 2 N–H and O–H groups in total. The molecule has 1 unspecified atom stereocenters. The summed E-state index contributed by atoms with van der Waals surface area (Å²) in [6.45, 7) is 2.88. The summed E-state index contributed by atoms with van der Waals surface area (Å²) < 4.78 is 28.0. The van der Waals surface area contributed by atoms with Gasteiger partial charge < -0.3 is 9.80 Å². The van der Waals surface area contributed by atoms with E-state index >= 15 is 0 Å². The molecule has 1 atom stereocenters. The molecule has 1 aromatic carbocycles. The quantitative estimate of drug-likeness (QED) is 0.798. The number of hydrogen-bond acceptors (Lipinski definition) is 4. The van der Waals surface area contributed by atoms with E-state index in [1.54, 1.807) is 0 Å². The van der Waals surface area contributed by atoms with Gasteiger partial charge in [-0.05, 0) is 31.4 Å². The number of carbonyl (C=O) groups excluding carboxylic acids is 1. The number of likely N-dealkylation sites (tertiary alicyclic amines) is 1. The largest absolute Gasteiger partial charge is 0.371 e. The van der Waals surface area contributed by atoms with E-state index in [1.165, 1.54) is 7.05 Å². The Morgan fingerprint density at radius 3 is 2.40 bits per heavy atom. The smallest absolute Gasteiger partial charge is 0.276 e. The summed E-state index contributed by atoms with van der Waals surface area (Å²) >= 11 is 0. The van der Waals surface area contributed by atoms with Gasteiger partial charge >= 0.3 is 0 Å². The SMILES string of the molecule is CNS(=O)(=O)NC1CCN(C(=O)C2CCN(c3ccccc3)C2)CC1. The topological polar surface area (TPSA) is 81.8 Å². The Hall–Kier alpha value is -1.64. The average molecular weight is 366 g/mol. The molecule has 2 fully saturated rings. The van der Waals surface area contributed by atoms with Crippen LogP contribution < -0.4 is 14.3 Å². The first-order valence-electron chi connectivity index (χ1n) is 8.78. The summed E-state index contributed by atoms with van der Waals surface area (Å²) in [6, 6.07) is 10.1. The molecule has 0 aromatic heterocycles. The van der Waals surface area contributed by atoms with Gasteiger partial charge in [-0.2, -0.15) is 13.1 Å². The van der Waals surface area contributed by atoms with Crippen LogP contribution in [0.4, 0.5) is 5.69 Å². The Morgan fingerprint density at radius 1 is 1.08 bits per heavy atom. The fraction of sp³-hybridized carbons (Fsp3) is 0.588. The zero-order chi connectivity index (χ0) is 17.9. The normalized spacial score (nSPS) is 22.4. The van der Waals surface area contributed by atoms with Crippen LogP contribution in [-0.2, 0) is 15.0 Å². The van der Waals surface area contributed by atoms with Crippen LogP contribution in [0.3, 0.4) is 0 Å². The van der Waals surface area contributed by atoms with E-state index in [2.05, 4.69) is 26.5 Å². The predicted molar refractivity (Wildman–Crippen MR) is 97.5 cm³/mol. The lowest BCUT2D eigenvalue weighted by Crippen LogP contribution is -2.50. The number of carbonyl (C=O) groups is 1. The fourth-order valence-corrected chi connectivity index (χ4v) is 4.38. The predicted octanol–water partition coefficient (Wildman–Crippen LogP) is 0.558. The summed E-state index contributed by atoms with van der Waals surface area (Å²) in [5, 5.41) is 0. The highest BCUT2D eigenvalue weighted by Crippen LogP contribution is 2.26. The van der Waals surface area contributed by atoms with Crippen molar-refractivity contribution in [3.8, 4) is 0 Å². The lowest BCUT2D eigenvalue weighted by molar-refractivity contribution is -0.135. The number of benzene rings is 1. The number of nitrogens with zero attached hydrogens (tertiary/aromatic N) is 2. The van der Waals surface area contributed by atoms with E-state index in [0.29, 0.717) is 25.9 Å². The van der Waals surface area contributed by atoms with Crippen LogP contribution in [0.2, 0.25) is 0 Å². The Bertz CT molecular complexity index is 687. The second-order valence-corrected chi connectivity index (χ2v) is 8.34. The molecule has 3 rings (SSSR count).